The Hall–Kier alpha value is -3.73. The van der Waals surface area contributed by atoms with Crippen molar-refractivity contribution in [2.45, 2.75) is 31.9 Å². The summed E-state index contributed by atoms with van der Waals surface area (Å²) in [5.74, 6) is 0.655. The molecule has 5 heteroatoms. The average Bonchev–Trinajstić information content (AvgIpc) is 2.85. The number of carbonyl (C=O) groups excluding carboxylic acids is 1. The van der Waals surface area contributed by atoms with Gasteiger partial charge in [0.05, 0.1) is 6.54 Å². The Kier molecular flexibility index (Phi) is 5.55. The fourth-order valence-electron chi connectivity index (χ4n) is 4.39. The Labute approximate surface area is 187 Å². The van der Waals surface area contributed by atoms with Crippen molar-refractivity contribution in [3.8, 4) is 17.0 Å². The first-order valence-electron chi connectivity index (χ1n) is 11.0. The summed E-state index contributed by atoms with van der Waals surface area (Å²) in [5.41, 5.74) is 2.53. The highest BCUT2D eigenvalue weighted by Crippen LogP contribution is 2.29. The maximum atomic E-state index is 13.6. The molecule has 0 unspecified atom stereocenters. The minimum Gasteiger partial charge on any atom is -0.472 e. The van der Waals surface area contributed by atoms with Crippen LogP contribution in [0.5, 0.6) is 5.88 Å². The van der Waals surface area contributed by atoms with Crippen molar-refractivity contribution >= 4 is 16.7 Å². The highest BCUT2D eigenvalue weighted by Gasteiger charge is 2.32. The van der Waals surface area contributed by atoms with Crippen molar-refractivity contribution in [1.82, 2.24) is 14.9 Å². The average molecular weight is 424 g/mol. The van der Waals surface area contributed by atoms with E-state index in [0.717, 1.165) is 34.7 Å². The summed E-state index contributed by atoms with van der Waals surface area (Å²) in [6.45, 7) is 2.64. The molecule has 1 aliphatic rings. The van der Waals surface area contributed by atoms with Crippen LogP contribution in [0.1, 0.15) is 30.1 Å². The second-order valence-electron chi connectivity index (χ2n) is 8.25. The minimum atomic E-state index is -0.0981. The molecule has 0 N–H and O–H groups in total. The molecule has 1 aliphatic heterocycles. The minimum absolute atomic E-state index is 0.0242. The molecular weight excluding hydrogens is 398 g/mol. The van der Waals surface area contributed by atoms with Gasteiger partial charge in [0, 0.05) is 41.1 Å². The van der Waals surface area contributed by atoms with E-state index in [1.54, 1.807) is 18.6 Å². The molecule has 1 fully saturated rings. The van der Waals surface area contributed by atoms with Gasteiger partial charge >= 0.3 is 0 Å². The van der Waals surface area contributed by atoms with E-state index in [2.05, 4.69) is 23.0 Å². The molecule has 1 amide bonds. The quantitative estimate of drug-likeness (QED) is 0.443. The lowest BCUT2D eigenvalue weighted by molar-refractivity contribution is 0.0378. The molecule has 5 nitrogen and oxygen atoms in total. The lowest BCUT2D eigenvalue weighted by Crippen LogP contribution is -2.49. The molecule has 3 heterocycles. The van der Waals surface area contributed by atoms with Crippen LogP contribution in [0.4, 0.5) is 0 Å². The van der Waals surface area contributed by atoms with E-state index >= 15 is 0 Å². The molecule has 5 rings (SSSR count). The SMILES string of the molecule is C[C@H]1CC[C@@H](Oc2nccc3ccccc23)CN1C(=O)c1ccccc1-c1cccnc1. The standard InChI is InChI=1S/C27H25N3O2/c1-19-12-13-22(32-26-24-10-3-2-7-20(24)14-16-29-26)18-30(19)27(31)25-11-5-4-9-23(25)21-8-6-15-28-17-21/h2-11,14-17,19,22H,12-13,18H2,1H3/t19-,22+/m0/s1. The Morgan fingerprint density at radius 3 is 2.69 bits per heavy atom. The number of hydrogen-bond donors (Lipinski definition) is 0. The molecule has 2 aromatic carbocycles. The largest absolute Gasteiger partial charge is 0.472 e. The third-order valence-electron chi connectivity index (χ3n) is 6.15. The smallest absolute Gasteiger partial charge is 0.254 e. The first kappa shape index (κ1) is 20.2. The number of nitrogens with zero attached hydrogens (tertiary/aromatic N) is 3. The van der Waals surface area contributed by atoms with Gasteiger partial charge in [-0.2, -0.15) is 0 Å². The van der Waals surface area contributed by atoms with Crippen molar-refractivity contribution < 1.29 is 9.53 Å². The fourth-order valence-corrected chi connectivity index (χ4v) is 4.39. The zero-order valence-corrected chi connectivity index (χ0v) is 18.0. The Balaban J connectivity index is 1.40. The van der Waals surface area contributed by atoms with Crippen LogP contribution >= 0.6 is 0 Å². The van der Waals surface area contributed by atoms with E-state index < -0.39 is 0 Å². The van der Waals surface area contributed by atoms with Crippen molar-refractivity contribution in [1.29, 1.82) is 0 Å². The Bertz CT molecular complexity index is 1240. The summed E-state index contributed by atoms with van der Waals surface area (Å²) in [6, 6.07) is 21.8. The van der Waals surface area contributed by atoms with Crippen molar-refractivity contribution in [3.05, 3.63) is 90.9 Å². The monoisotopic (exact) mass is 423 g/mol. The molecule has 1 saturated heterocycles. The van der Waals surface area contributed by atoms with Crippen LogP contribution in [0, 0.1) is 0 Å². The van der Waals surface area contributed by atoms with Crippen molar-refractivity contribution in [2.24, 2.45) is 0 Å². The van der Waals surface area contributed by atoms with Crippen LogP contribution in [0.25, 0.3) is 21.9 Å². The lowest BCUT2D eigenvalue weighted by Gasteiger charge is -2.38. The lowest BCUT2D eigenvalue weighted by atomic mass is 9.96. The van der Waals surface area contributed by atoms with Crippen LogP contribution in [0.15, 0.2) is 85.3 Å². The number of ether oxygens (including phenoxy) is 1. The number of hydrogen-bond acceptors (Lipinski definition) is 4. The molecule has 0 aliphatic carbocycles. The number of piperidine rings is 1. The first-order valence-corrected chi connectivity index (χ1v) is 11.0. The number of rotatable bonds is 4. The highest BCUT2D eigenvalue weighted by atomic mass is 16.5. The van der Waals surface area contributed by atoms with E-state index in [4.69, 9.17) is 4.74 Å². The number of amides is 1. The van der Waals surface area contributed by atoms with Gasteiger partial charge < -0.3 is 9.64 Å². The molecule has 0 saturated carbocycles. The van der Waals surface area contributed by atoms with Gasteiger partial charge in [-0.15, -0.1) is 0 Å². The van der Waals surface area contributed by atoms with E-state index in [1.165, 1.54) is 0 Å². The molecule has 0 spiro atoms. The molecule has 2 aromatic heterocycles. The summed E-state index contributed by atoms with van der Waals surface area (Å²) < 4.78 is 6.33. The van der Waals surface area contributed by atoms with E-state index in [0.29, 0.717) is 18.0 Å². The van der Waals surface area contributed by atoms with E-state index in [-0.39, 0.29) is 18.1 Å². The predicted octanol–water partition coefficient (Wildman–Crippen LogP) is 5.37. The third kappa shape index (κ3) is 3.94. The fraction of sp³-hybridized carbons (Fsp3) is 0.222. The maximum absolute atomic E-state index is 13.6. The number of aromatic nitrogens is 2. The van der Waals surface area contributed by atoms with Gasteiger partial charge in [0.1, 0.15) is 6.10 Å². The normalized spacial score (nSPS) is 18.5. The number of benzene rings is 2. The second kappa shape index (κ2) is 8.79. The van der Waals surface area contributed by atoms with Gasteiger partial charge in [-0.25, -0.2) is 4.98 Å². The summed E-state index contributed by atoms with van der Waals surface area (Å²) in [5, 5.41) is 2.09. The summed E-state index contributed by atoms with van der Waals surface area (Å²) in [7, 11) is 0. The summed E-state index contributed by atoms with van der Waals surface area (Å²) in [4.78, 5) is 24.3. The van der Waals surface area contributed by atoms with Gasteiger partial charge in [0.2, 0.25) is 5.88 Å². The molecular formula is C27H25N3O2. The zero-order valence-electron chi connectivity index (χ0n) is 18.0. The van der Waals surface area contributed by atoms with Gasteiger partial charge in [-0.3, -0.25) is 9.78 Å². The van der Waals surface area contributed by atoms with Gasteiger partial charge in [-0.1, -0.05) is 42.5 Å². The first-order chi connectivity index (χ1) is 15.7. The highest BCUT2D eigenvalue weighted by molar-refractivity contribution is 6.01. The van der Waals surface area contributed by atoms with Crippen LogP contribution in [0.3, 0.4) is 0 Å². The molecule has 2 atom stereocenters. The molecule has 160 valence electrons. The number of fused-ring (bicyclic) bond motifs is 1. The van der Waals surface area contributed by atoms with Crippen LogP contribution in [0.2, 0.25) is 0 Å². The van der Waals surface area contributed by atoms with Crippen molar-refractivity contribution in [2.75, 3.05) is 6.54 Å². The number of pyridine rings is 2. The number of likely N-dealkylation sites (tertiary alicyclic amines) is 1. The zero-order chi connectivity index (χ0) is 21.9. The Morgan fingerprint density at radius 2 is 1.81 bits per heavy atom. The maximum Gasteiger partial charge on any atom is 0.254 e. The molecule has 32 heavy (non-hydrogen) atoms. The summed E-state index contributed by atoms with van der Waals surface area (Å²) >= 11 is 0. The second-order valence-corrected chi connectivity index (χ2v) is 8.25. The van der Waals surface area contributed by atoms with Crippen LogP contribution in [-0.2, 0) is 0 Å². The van der Waals surface area contributed by atoms with Crippen LogP contribution in [-0.4, -0.2) is 39.5 Å². The van der Waals surface area contributed by atoms with E-state index in [9.17, 15) is 4.79 Å². The molecule has 4 aromatic rings. The van der Waals surface area contributed by atoms with Gasteiger partial charge in [-0.05, 0) is 55.0 Å². The van der Waals surface area contributed by atoms with Crippen LogP contribution < -0.4 is 4.74 Å². The van der Waals surface area contributed by atoms with Gasteiger partial charge in [0.25, 0.3) is 5.91 Å². The third-order valence-corrected chi connectivity index (χ3v) is 6.15. The summed E-state index contributed by atoms with van der Waals surface area (Å²) in [6.07, 6.45) is 6.99. The molecule has 0 bridgehead atoms. The van der Waals surface area contributed by atoms with Crippen molar-refractivity contribution in [3.63, 3.8) is 0 Å². The number of carbonyl (C=O) groups is 1. The topological polar surface area (TPSA) is 55.3 Å². The predicted molar refractivity (Wildman–Crippen MR) is 126 cm³/mol. The van der Waals surface area contributed by atoms with E-state index in [1.807, 2.05) is 65.6 Å². The molecule has 0 radical (unpaired) electrons. The van der Waals surface area contributed by atoms with Gasteiger partial charge in [0.15, 0.2) is 0 Å². The Morgan fingerprint density at radius 1 is 0.969 bits per heavy atom.